The van der Waals surface area contributed by atoms with E-state index < -0.39 is 80.0 Å². The van der Waals surface area contributed by atoms with Gasteiger partial charge < -0.3 is 0 Å². The summed E-state index contributed by atoms with van der Waals surface area (Å²) in [7, 11) is 0. The molecule has 2 aliphatic carbocycles. The summed E-state index contributed by atoms with van der Waals surface area (Å²) in [6.45, 7) is 1.32. The number of benzene rings is 4. The van der Waals surface area contributed by atoms with E-state index in [1.54, 1.807) is 0 Å². The Balaban J connectivity index is 1.64. The quantitative estimate of drug-likeness (QED) is 0.187. The molecule has 43 heavy (non-hydrogen) atoms. The smallest absolute Gasteiger partial charge is 0.169 e. The Hall–Kier alpha value is -3.96. The van der Waals surface area contributed by atoms with E-state index in [1.807, 2.05) is 0 Å². The van der Waals surface area contributed by atoms with E-state index in [4.69, 9.17) is 0 Å². The molecule has 0 N–H and O–H groups in total. The van der Waals surface area contributed by atoms with Crippen molar-refractivity contribution in [1.29, 1.82) is 0 Å². The van der Waals surface area contributed by atoms with E-state index in [0.717, 1.165) is 48.5 Å². The molecule has 0 atom stereocenters. The fourth-order valence-corrected chi connectivity index (χ4v) is 6.62. The van der Waals surface area contributed by atoms with Gasteiger partial charge in [-0.3, -0.25) is 0 Å². The molecule has 0 amide bonds. The molecule has 0 heterocycles. The Bertz CT molecular complexity index is 1760. The largest absolute Gasteiger partial charge is 0.411 e. The molecule has 0 nitrogen and oxygen atoms in total. The third kappa shape index (κ3) is 3.55. The first-order valence-electron chi connectivity index (χ1n) is 12.6. The van der Waals surface area contributed by atoms with Crippen molar-refractivity contribution in [2.24, 2.45) is 0 Å². The topological polar surface area (TPSA) is 0 Å². The third-order valence-corrected chi connectivity index (χ3v) is 8.37. The van der Waals surface area contributed by atoms with Gasteiger partial charge in [-0.15, -0.1) is 0 Å². The van der Waals surface area contributed by atoms with E-state index in [2.05, 4.69) is 0 Å². The van der Waals surface area contributed by atoms with Crippen LogP contribution in [-0.4, -0.2) is 24.7 Å². The number of hydrogen-bond acceptors (Lipinski definition) is 0. The molecule has 0 aliphatic heterocycles. The molecule has 0 unspecified atom stereocenters. The predicted octanol–water partition coefficient (Wildman–Crippen LogP) is 10.4. The molecule has 224 valence electrons. The molecular formula is C31H16F12. The summed E-state index contributed by atoms with van der Waals surface area (Å²) in [5, 5.41) is 0. The van der Waals surface area contributed by atoms with Gasteiger partial charge in [-0.25, -0.2) is 0 Å². The monoisotopic (exact) mass is 616 g/mol. The summed E-state index contributed by atoms with van der Waals surface area (Å²) in [5.74, 6) is 0. The molecule has 0 aromatic heterocycles. The Morgan fingerprint density at radius 3 is 1.19 bits per heavy atom. The predicted molar refractivity (Wildman–Crippen MR) is 133 cm³/mol. The molecule has 0 fully saturated rings. The SMILES string of the molecule is Cc1ccc2c(c1)C(C(F)(F)F)(C(F)(F)F)c1cc(-c3ccc4c(c3)C(C(F)(F)F)(C(F)(F)F)c3ccccc3-4)ccc1-2. The Morgan fingerprint density at radius 1 is 0.395 bits per heavy atom. The van der Waals surface area contributed by atoms with Crippen LogP contribution in [0.5, 0.6) is 0 Å². The van der Waals surface area contributed by atoms with Gasteiger partial charge in [0.15, 0.2) is 0 Å². The van der Waals surface area contributed by atoms with Gasteiger partial charge in [-0.1, -0.05) is 72.3 Å². The first kappa shape index (κ1) is 29.1. The number of fused-ring (bicyclic) bond motifs is 6. The molecule has 0 saturated heterocycles. The number of rotatable bonds is 1. The van der Waals surface area contributed by atoms with Crippen LogP contribution in [0.2, 0.25) is 0 Å². The highest BCUT2D eigenvalue weighted by molar-refractivity contribution is 5.88. The Morgan fingerprint density at radius 2 is 0.744 bits per heavy atom. The lowest BCUT2D eigenvalue weighted by atomic mass is 9.75. The Kier molecular flexibility index (Phi) is 5.80. The van der Waals surface area contributed by atoms with Gasteiger partial charge in [0.2, 0.25) is 10.8 Å². The maximum absolute atomic E-state index is 14.7. The minimum Gasteiger partial charge on any atom is -0.169 e. The molecule has 6 rings (SSSR count). The van der Waals surface area contributed by atoms with Crippen LogP contribution >= 0.6 is 0 Å². The van der Waals surface area contributed by atoms with Crippen molar-refractivity contribution in [1.82, 2.24) is 0 Å². The zero-order valence-electron chi connectivity index (χ0n) is 21.5. The number of hydrogen-bond donors (Lipinski definition) is 0. The number of halogens is 12. The van der Waals surface area contributed by atoms with Gasteiger partial charge >= 0.3 is 24.7 Å². The van der Waals surface area contributed by atoms with Crippen molar-refractivity contribution in [3.05, 3.63) is 107 Å². The van der Waals surface area contributed by atoms with Crippen LogP contribution in [0, 0.1) is 6.92 Å². The molecule has 4 aromatic rings. The van der Waals surface area contributed by atoms with E-state index in [9.17, 15) is 52.7 Å². The van der Waals surface area contributed by atoms with E-state index in [-0.39, 0.29) is 16.7 Å². The van der Waals surface area contributed by atoms with Crippen molar-refractivity contribution >= 4 is 0 Å². The fourth-order valence-electron chi connectivity index (χ4n) is 6.62. The molecule has 12 heteroatoms. The van der Waals surface area contributed by atoms with Crippen LogP contribution in [0.25, 0.3) is 33.4 Å². The van der Waals surface area contributed by atoms with Crippen LogP contribution < -0.4 is 0 Å². The zero-order valence-corrected chi connectivity index (χ0v) is 21.5. The summed E-state index contributed by atoms with van der Waals surface area (Å²) in [6, 6.07) is 12.5. The maximum Gasteiger partial charge on any atom is 0.411 e. The lowest BCUT2D eigenvalue weighted by Gasteiger charge is -2.36. The van der Waals surface area contributed by atoms with Gasteiger partial charge in [0.1, 0.15) is 0 Å². The zero-order chi connectivity index (χ0) is 31.5. The highest BCUT2D eigenvalue weighted by Gasteiger charge is 2.76. The lowest BCUT2D eigenvalue weighted by Crippen LogP contribution is -2.53. The summed E-state index contributed by atoms with van der Waals surface area (Å²) in [6.07, 6.45) is -23.6. The normalized spacial score (nSPS) is 16.9. The second kappa shape index (κ2) is 8.57. The molecule has 0 spiro atoms. The van der Waals surface area contributed by atoms with Crippen LogP contribution in [0.15, 0.2) is 78.9 Å². The highest BCUT2D eigenvalue weighted by Crippen LogP contribution is 2.65. The Labute approximate surface area is 235 Å². The van der Waals surface area contributed by atoms with Gasteiger partial charge in [0.25, 0.3) is 0 Å². The second-order valence-corrected chi connectivity index (χ2v) is 10.6. The van der Waals surface area contributed by atoms with Crippen LogP contribution in [0.1, 0.15) is 27.8 Å². The van der Waals surface area contributed by atoms with E-state index in [0.29, 0.717) is 18.2 Å². The molecular weight excluding hydrogens is 600 g/mol. The average Bonchev–Trinajstić information content (AvgIpc) is 3.35. The molecule has 0 radical (unpaired) electrons. The minimum atomic E-state index is -5.90. The van der Waals surface area contributed by atoms with Crippen molar-refractivity contribution < 1.29 is 52.7 Å². The number of aryl methyl sites for hydroxylation is 1. The standard InChI is InChI=1S/C31H16F12/c1-15-6-9-19-21-11-8-17(14-25(21)27(23(19)12-15,30(38,39)40)31(41,42)43)16-7-10-20-18-4-2-3-5-22(18)26(24(20)13-16,28(32,33)34)29(35,36)37/h2-14H,1H3. The lowest BCUT2D eigenvalue weighted by molar-refractivity contribution is -0.288. The summed E-state index contributed by atoms with van der Waals surface area (Å²) in [5.41, 5.74) is -15.7. The molecule has 0 saturated carbocycles. The number of alkyl halides is 12. The van der Waals surface area contributed by atoms with Crippen LogP contribution in [0.3, 0.4) is 0 Å². The van der Waals surface area contributed by atoms with Crippen molar-refractivity contribution in [2.45, 2.75) is 42.5 Å². The average molecular weight is 616 g/mol. The van der Waals surface area contributed by atoms with Crippen molar-refractivity contribution in [3.8, 4) is 33.4 Å². The van der Waals surface area contributed by atoms with Crippen molar-refractivity contribution in [3.63, 3.8) is 0 Å². The van der Waals surface area contributed by atoms with Crippen molar-refractivity contribution in [2.75, 3.05) is 0 Å². The molecule has 0 bridgehead atoms. The van der Waals surface area contributed by atoms with Gasteiger partial charge in [0.05, 0.1) is 0 Å². The van der Waals surface area contributed by atoms with Crippen LogP contribution in [0.4, 0.5) is 52.7 Å². The first-order chi connectivity index (χ1) is 19.8. The maximum atomic E-state index is 14.7. The van der Waals surface area contributed by atoms with Gasteiger partial charge in [-0.2, -0.15) is 52.7 Å². The van der Waals surface area contributed by atoms with Crippen LogP contribution in [-0.2, 0) is 10.8 Å². The fraction of sp³-hybridized carbons (Fsp3) is 0.226. The second-order valence-electron chi connectivity index (χ2n) is 10.6. The van der Waals surface area contributed by atoms with Gasteiger partial charge in [-0.05, 0) is 74.7 Å². The molecule has 4 aromatic carbocycles. The van der Waals surface area contributed by atoms with E-state index in [1.165, 1.54) is 19.1 Å². The van der Waals surface area contributed by atoms with Gasteiger partial charge in [0, 0.05) is 0 Å². The van der Waals surface area contributed by atoms with E-state index >= 15 is 0 Å². The minimum absolute atomic E-state index is 0.124. The highest BCUT2D eigenvalue weighted by atomic mass is 19.4. The molecule has 2 aliphatic rings. The first-order valence-corrected chi connectivity index (χ1v) is 12.6. The third-order valence-electron chi connectivity index (χ3n) is 8.37. The summed E-state index contributed by atoms with van der Waals surface area (Å²) in [4.78, 5) is 0. The summed E-state index contributed by atoms with van der Waals surface area (Å²) >= 11 is 0. The summed E-state index contributed by atoms with van der Waals surface area (Å²) < 4.78 is 175.